The number of hydrogen-bond acceptors (Lipinski definition) is 4. The van der Waals surface area contributed by atoms with Crippen molar-refractivity contribution in [2.75, 3.05) is 0 Å². The van der Waals surface area contributed by atoms with Crippen LogP contribution in [0.5, 0.6) is 0 Å². The number of nitriles is 1. The Morgan fingerprint density at radius 3 is 2.00 bits per heavy atom. The first-order chi connectivity index (χ1) is 9.47. The molecule has 2 aromatic rings. The molecule has 0 saturated carbocycles. The summed E-state index contributed by atoms with van der Waals surface area (Å²) in [6, 6.07) is 2.85. The lowest BCUT2D eigenvalue weighted by Crippen LogP contribution is -2.02. The van der Waals surface area contributed by atoms with Crippen LogP contribution in [0.2, 0.25) is 0 Å². The van der Waals surface area contributed by atoms with Crippen molar-refractivity contribution in [1.82, 2.24) is 9.97 Å². The molecule has 2 aromatic heterocycles. The smallest absolute Gasteiger partial charge is 0.176 e. The third-order valence-electron chi connectivity index (χ3n) is 1.99. The van der Waals surface area contributed by atoms with Crippen molar-refractivity contribution in [3.05, 3.63) is 59.2 Å². The zero-order valence-electron chi connectivity index (χ0n) is 9.95. The van der Waals surface area contributed by atoms with Gasteiger partial charge in [-0.2, -0.15) is 5.26 Å². The van der Waals surface area contributed by atoms with Crippen LogP contribution >= 0.6 is 0 Å². The van der Waals surface area contributed by atoms with Crippen molar-refractivity contribution in [1.29, 1.82) is 5.26 Å². The Bertz CT molecular complexity index is 640. The van der Waals surface area contributed by atoms with E-state index in [1.165, 1.54) is 6.07 Å². The lowest BCUT2D eigenvalue weighted by Gasteiger charge is -1.95. The molecule has 0 unspecified atom stereocenters. The zero-order chi connectivity index (χ0) is 15.1. The number of aromatic nitrogens is 2. The third-order valence-corrected chi connectivity index (χ3v) is 1.99. The van der Waals surface area contributed by atoms with Crippen LogP contribution in [0.4, 0.5) is 17.6 Å². The van der Waals surface area contributed by atoms with Crippen LogP contribution in [0.25, 0.3) is 0 Å². The molecule has 0 aliphatic carbocycles. The SMILES string of the molecule is N#Cc1ncc(F)cc1F.NCc1ncc(F)cc1F. The second-order valence-corrected chi connectivity index (χ2v) is 3.38. The number of nitrogens with two attached hydrogens (primary N) is 1. The minimum Gasteiger partial charge on any atom is -0.325 e. The molecule has 0 spiro atoms. The van der Waals surface area contributed by atoms with Gasteiger partial charge in [0.15, 0.2) is 11.5 Å². The van der Waals surface area contributed by atoms with E-state index in [9.17, 15) is 17.6 Å². The fraction of sp³-hybridized carbons (Fsp3) is 0.0833. The number of rotatable bonds is 1. The summed E-state index contributed by atoms with van der Waals surface area (Å²) >= 11 is 0. The van der Waals surface area contributed by atoms with Crippen LogP contribution in [0, 0.1) is 34.6 Å². The predicted octanol–water partition coefficient (Wildman–Crippen LogP) is 2.05. The molecule has 0 aliphatic heterocycles. The predicted molar refractivity (Wildman–Crippen MR) is 60.9 cm³/mol. The molecule has 0 atom stereocenters. The molecule has 0 fully saturated rings. The average molecular weight is 284 g/mol. The van der Waals surface area contributed by atoms with Gasteiger partial charge in [0.25, 0.3) is 0 Å². The first-order valence-corrected chi connectivity index (χ1v) is 5.19. The van der Waals surface area contributed by atoms with Gasteiger partial charge in [0, 0.05) is 18.7 Å². The summed E-state index contributed by atoms with van der Waals surface area (Å²) in [7, 11) is 0. The molecule has 104 valence electrons. The van der Waals surface area contributed by atoms with Crippen LogP contribution in [0.3, 0.4) is 0 Å². The highest BCUT2D eigenvalue weighted by atomic mass is 19.1. The molecule has 0 amide bonds. The van der Waals surface area contributed by atoms with E-state index in [0.717, 1.165) is 18.5 Å². The Hall–Kier alpha value is -2.53. The van der Waals surface area contributed by atoms with Crippen molar-refractivity contribution >= 4 is 0 Å². The third kappa shape index (κ3) is 4.29. The highest BCUT2D eigenvalue weighted by molar-refractivity contribution is 5.21. The normalized spacial score (nSPS) is 9.40. The van der Waals surface area contributed by atoms with E-state index in [2.05, 4.69) is 9.97 Å². The van der Waals surface area contributed by atoms with E-state index in [-0.39, 0.29) is 17.9 Å². The van der Waals surface area contributed by atoms with E-state index in [1.54, 1.807) is 0 Å². The first-order valence-electron chi connectivity index (χ1n) is 5.19. The molecule has 20 heavy (non-hydrogen) atoms. The summed E-state index contributed by atoms with van der Waals surface area (Å²) < 4.78 is 49.0. The fourth-order valence-electron chi connectivity index (χ4n) is 1.09. The molecule has 0 radical (unpaired) electrons. The number of nitrogens with zero attached hydrogens (tertiary/aromatic N) is 3. The molecule has 4 nitrogen and oxygen atoms in total. The van der Waals surface area contributed by atoms with Gasteiger partial charge in [0.05, 0.1) is 18.1 Å². The largest absolute Gasteiger partial charge is 0.325 e. The van der Waals surface area contributed by atoms with Gasteiger partial charge in [-0.3, -0.25) is 4.98 Å². The summed E-state index contributed by atoms with van der Waals surface area (Å²) in [5.74, 6) is -3.09. The molecular weight excluding hydrogens is 276 g/mol. The summed E-state index contributed by atoms with van der Waals surface area (Å²) in [4.78, 5) is 6.61. The van der Waals surface area contributed by atoms with E-state index >= 15 is 0 Å². The minimum absolute atomic E-state index is 0.00782. The highest BCUT2D eigenvalue weighted by Gasteiger charge is 2.02. The van der Waals surface area contributed by atoms with Gasteiger partial charge in [-0.15, -0.1) is 0 Å². The quantitative estimate of drug-likeness (QED) is 0.813. The van der Waals surface area contributed by atoms with Crippen LogP contribution < -0.4 is 5.73 Å². The van der Waals surface area contributed by atoms with E-state index in [0.29, 0.717) is 6.07 Å². The maximum atomic E-state index is 12.5. The Kier molecular flexibility index (Phi) is 5.56. The van der Waals surface area contributed by atoms with Crippen molar-refractivity contribution in [3.8, 4) is 6.07 Å². The molecule has 0 aromatic carbocycles. The van der Waals surface area contributed by atoms with Gasteiger partial charge in [0.2, 0.25) is 0 Å². The van der Waals surface area contributed by atoms with E-state index < -0.39 is 23.3 Å². The maximum absolute atomic E-state index is 12.5. The second-order valence-electron chi connectivity index (χ2n) is 3.38. The number of pyridine rings is 2. The van der Waals surface area contributed by atoms with Gasteiger partial charge in [-0.25, -0.2) is 22.5 Å². The maximum Gasteiger partial charge on any atom is 0.176 e. The lowest BCUT2D eigenvalue weighted by atomic mass is 10.3. The summed E-state index contributed by atoms with van der Waals surface area (Å²) in [6.07, 6.45) is 1.73. The van der Waals surface area contributed by atoms with Gasteiger partial charge < -0.3 is 5.73 Å². The van der Waals surface area contributed by atoms with Crippen LogP contribution in [0.15, 0.2) is 24.5 Å². The van der Waals surface area contributed by atoms with Crippen molar-refractivity contribution in [2.45, 2.75) is 6.54 Å². The topological polar surface area (TPSA) is 75.6 Å². The zero-order valence-corrected chi connectivity index (χ0v) is 9.95. The summed E-state index contributed by atoms with van der Waals surface area (Å²) in [5.41, 5.74) is 4.77. The van der Waals surface area contributed by atoms with Crippen molar-refractivity contribution < 1.29 is 17.6 Å². The fourth-order valence-corrected chi connectivity index (χ4v) is 1.09. The lowest BCUT2D eigenvalue weighted by molar-refractivity contribution is 0.558. The van der Waals surface area contributed by atoms with Crippen molar-refractivity contribution in [2.24, 2.45) is 5.73 Å². The van der Waals surface area contributed by atoms with Gasteiger partial charge in [-0.1, -0.05) is 0 Å². The highest BCUT2D eigenvalue weighted by Crippen LogP contribution is 2.04. The molecule has 8 heteroatoms. The van der Waals surface area contributed by atoms with Crippen molar-refractivity contribution in [3.63, 3.8) is 0 Å². The number of hydrogen-bond donors (Lipinski definition) is 1. The Morgan fingerprint density at radius 1 is 1.00 bits per heavy atom. The van der Waals surface area contributed by atoms with Crippen LogP contribution in [0.1, 0.15) is 11.4 Å². The standard InChI is InChI=1S/C6H6F2N2.C6H2F2N2/c2*7-4-1-5(8)6(2-9)10-3-4/h1,3H,2,9H2;1,3H. The summed E-state index contributed by atoms with van der Waals surface area (Å²) in [6.45, 7) is -0.00782. The molecular formula is C12H8F4N4. The Morgan fingerprint density at radius 2 is 1.55 bits per heavy atom. The average Bonchev–Trinajstić information content (AvgIpc) is 2.40. The van der Waals surface area contributed by atoms with E-state index in [1.807, 2.05) is 0 Å². The first kappa shape index (κ1) is 15.5. The summed E-state index contributed by atoms with van der Waals surface area (Å²) in [5, 5.41) is 8.13. The molecule has 0 aliphatic rings. The monoisotopic (exact) mass is 284 g/mol. The molecule has 2 heterocycles. The number of halogens is 4. The van der Waals surface area contributed by atoms with Gasteiger partial charge in [0.1, 0.15) is 23.5 Å². The van der Waals surface area contributed by atoms with Gasteiger partial charge >= 0.3 is 0 Å². The molecule has 0 saturated heterocycles. The van der Waals surface area contributed by atoms with Crippen LogP contribution in [-0.4, -0.2) is 9.97 Å². The molecule has 2 N–H and O–H groups in total. The molecule has 0 bridgehead atoms. The Labute approximate surface area is 111 Å². The van der Waals surface area contributed by atoms with Crippen LogP contribution in [-0.2, 0) is 6.54 Å². The molecule has 2 rings (SSSR count). The van der Waals surface area contributed by atoms with E-state index in [4.69, 9.17) is 11.0 Å². The minimum atomic E-state index is -0.928. The second kappa shape index (κ2) is 7.16. The Balaban J connectivity index is 0.000000200. The van der Waals surface area contributed by atoms with Gasteiger partial charge in [-0.05, 0) is 0 Å².